The Balaban J connectivity index is 1.48. The first-order valence-electron chi connectivity index (χ1n) is 9.63. The first-order valence-corrected chi connectivity index (χ1v) is 10.8. The van der Waals surface area contributed by atoms with Crippen LogP contribution < -0.4 is 0 Å². The number of halogens is 4. The lowest BCUT2D eigenvalue weighted by Crippen LogP contribution is -2.58. The second kappa shape index (κ2) is 7.70. The molecule has 4 nitrogen and oxygen atoms in total. The molecule has 0 aliphatic carbocycles. The van der Waals surface area contributed by atoms with Gasteiger partial charge in [-0.15, -0.1) is 0 Å². The lowest BCUT2D eigenvalue weighted by Gasteiger charge is -2.44. The van der Waals surface area contributed by atoms with Crippen molar-refractivity contribution in [2.45, 2.75) is 38.0 Å². The van der Waals surface area contributed by atoms with Crippen molar-refractivity contribution >= 4 is 46.4 Å². The highest BCUT2D eigenvalue weighted by Gasteiger charge is 2.46. The third-order valence-corrected chi connectivity index (χ3v) is 6.93. The molecule has 0 saturated carbocycles. The molecule has 30 heavy (non-hydrogen) atoms. The number of hydrogen-bond donors (Lipinski definition) is 0. The maximum absolute atomic E-state index is 15.1. The highest BCUT2D eigenvalue weighted by atomic mass is 35.5. The molecule has 1 saturated heterocycles. The predicted octanol–water partition coefficient (Wildman–Crippen LogP) is 6.10. The molecule has 0 bridgehead atoms. The van der Waals surface area contributed by atoms with Crippen molar-refractivity contribution in [3.8, 4) is 0 Å². The molecule has 2 heterocycles. The van der Waals surface area contributed by atoms with E-state index in [-0.39, 0.29) is 19.0 Å². The van der Waals surface area contributed by atoms with Crippen LogP contribution in [-0.4, -0.2) is 29.6 Å². The zero-order valence-corrected chi connectivity index (χ0v) is 18.8. The van der Waals surface area contributed by atoms with Gasteiger partial charge in [0.05, 0.1) is 33.9 Å². The summed E-state index contributed by atoms with van der Waals surface area (Å²) >= 11 is 18.4. The number of benzene rings is 2. The molecule has 0 aromatic heterocycles. The second-order valence-electron chi connectivity index (χ2n) is 7.94. The van der Waals surface area contributed by atoms with Crippen molar-refractivity contribution < 1.29 is 14.0 Å². The van der Waals surface area contributed by atoms with Gasteiger partial charge < -0.3 is 9.74 Å². The van der Waals surface area contributed by atoms with Gasteiger partial charge in [0.25, 0.3) is 0 Å². The number of amides is 1. The lowest BCUT2D eigenvalue weighted by atomic mass is 9.85. The Bertz CT molecular complexity index is 1010. The predicted molar refractivity (Wildman–Crippen MR) is 117 cm³/mol. The quantitative estimate of drug-likeness (QED) is 0.507. The molecular formula is C22H20Cl3FN2O2. The molecule has 2 aromatic carbocycles. The van der Waals surface area contributed by atoms with Crippen molar-refractivity contribution in [1.82, 2.24) is 4.90 Å². The molecule has 2 aliphatic heterocycles. The summed E-state index contributed by atoms with van der Waals surface area (Å²) in [5, 5.41) is 5.25. The van der Waals surface area contributed by atoms with Gasteiger partial charge in [0.1, 0.15) is 0 Å². The van der Waals surface area contributed by atoms with Crippen molar-refractivity contribution in [1.29, 1.82) is 0 Å². The summed E-state index contributed by atoms with van der Waals surface area (Å²) in [7, 11) is 0. The minimum Gasteiger partial charge on any atom is -0.384 e. The Kier molecular flexibility index (Phi) is 5.50. The van der Waals surface area contributed by atoms with Crippen molar-refractivity contribution in [2.24, 2.45) is 5.16 Å². The monoisotopic (exact) mass is 468 g/mol. The molecule has 1 atom stereocenters. The standard InChI is InChI=1S/C22H20Cl3FN2O2/c1-3-19(29)28-11-22(26,12-28)14-6-4-13(5-7-14)18-10-21(2,30-27-18)15-8-16(23)20(25)17(24)9-15/h4-9H,3,10-12H2,1-2H3. The van der Waals surface area contributed by atoms with E-state index in [4.69, 9.17) is 39.6 Å². The fraction of sp³-hybridized carbons (Fsp3) is 0.364. The number of alkyl halides is 1. The molecule has 1 unspecified atom stereocenters. The van der Waals surface area contributed by atoms with Gasteiger partial charge in [-0.05, 0) is 30.2 Å². The fourth-order valence-electron chi connectivity index (χ4n) is 3.81. The van der Waals surface area contributed by atoms with E-state index < -0.39 is 11.3 Å². The van der Waals surface area contributed by atoms with E-state index >= 15 is 4.39 Å². The van der Waals surface area contributed by atoms with Gasteiger partial charge in [-0.25, -0.2) is 4.39 Å². The van der Waals surface area contributed by atoms with Crippen LogP contribution in [0.5, 0.6) is 0 Å². The SMILES string of the molecule is CCC(=O)N1CC(F)(c2ccc(C3=NOC(C)(c4cc(Cl)c(Cl)c(Cl)c4)C3)cc2)C1. The van der Waals surface area contributed by atoms with Crippen molar-refractivity contribution in [3.63, 3.8) is 0 Å². The van der Waals surface area contributed by atoms with Gasteiger partial charge in [-0.2, -0.15) is 0 Å². The summed E-state index contributed by atoms with van der Waals surface area (Å²) in [4.78, 5) is 19.0. The Hall–Kier alpha value is -1.82. The average Bonchev–Trinajstić information content (AvgIpc) is 3.12. The number of oxime groups is 1. The van der Waals surface area contributed by atoms with Crippen LogP contribution in [0, 0.1) is 0 Å². The van der Waals surface area contributed by atoms with Crippen LogP contribution in [0.25, 0.3) is 0 Å². The highest BCUT2D eigenvalue weighted by Crippen LogP contribution is 2.41. The lowest BCUT2D eigenvalue weighted by molar-refractivity contribution is -0.145. The minimum absolute atomic E-state index is 0.0287. The van der Waals surface area contributed by atoms with Crippen LogP contribution in [0.1, 0.15) is 43.4 Å². The second-order valence-corrected chi connectivity index (χ2v) is 9.13. The normalized spacial score (nSPS) is 22.3. The van der Waals surface area contributed by atoms with Crippen LogP contribution in [0.4, 0.5) is 4.39 Å². The Labute approximate surface area is 189 Å². The van der Waals surface area contributed by atoms with Gasteiger partial charge in [-0.1, -0.05) is 71.1 Å². The molecule has 0 N–H and O–H groups in total. The smallest absolute Gasteiger partial charge is 0.222 e. The fourth-order valence-corrected chi connectivity index (χ4v) is 4.41. The van der Waals surface area contributed by atoms with Gasteiger partial charge in [0, 0.05) is 18.4 Å². The van der Waals surface area contributed by atoms with E-state index in [1.807, 2.05) is 19.1 Å². The molecule has 8 heteroatoms. The third-order valence-electron chi connectivity index (χ3n) is 5.73. The first kappa shape index (κ1) is 21.4. The first-order chi connectivity index (χ1) is 14.1. The van der Waals surface area contributed by atoms with Gasteiger partial charge in [-0.3, -0.25) is 4.79 Å². The van der Waals surface area contributed by atoms with E-state index in [1.54, 1.807) is 31.2 Å². The zero-order valence-electron chi connectivity index (χ0n) is 16.5. The highest BCUT2D eigenvalue weighted by molar-refractivity contribution is 6.48. The van der Waals surface area contributed by atoms with Gasteiger partial charge >= 0.3 is 0 Å². The Morgan fingerprint density at radius 1 is 1.13 bits per heavy atom. The number of hydrogen-bond acceptors (Lipinski definition) is 3. The van der Waals surface area contributed by atoms with E-state index in [0.717, 1.165) is 16.8 Å². The van der Waals surface area contributed by atoms with Crippen LogP contribution in [0.2, 0.25) is 15.1 Å². The zero-order chi connectivity index (χ0) is 21.7. The molecule has 158 valence electrons. The summed E-state index contributed by atoms with van der Waals surface area (Å²) < 4.78 is 15.1. The van der Waals surface area contributed by atoms with Crippen molar-refractivity contribution in [2.75, 3.05) is 13.1 Å². The number of carbonyl (C=O) groups is 1. The van der Waals surface area contributed by atoms with Crippen LogP contribution >= 0.6 is 34.8 Å². The molecule has 1 amide bonds. The number of nitrogens with zero attached hydrogens (tertiary/aromatic N) is 2. The van der Waals surface area contributed by atoms with E-state index in [0.29, 0.717) is 33.5 Å². The molecule has 2 aromatic rings. The summed E-state index contributed by atoms with van der Waals surface area (Å²) in [6.45, 7) is 3.87. The number of likely N-dealkylation sites (tertiary alicyclic amines) is 1. The molecular weight excluding hydrogens is 450 g/mol. The van der Waals surface area contributed by atoms with Crippen LogP contribution in [0.15, 0.2) is 41.6 Å². The van der Waals surface area contributed by atoms with Crippen LogP contribution in [0.3, 0.4) is 0 Å². The maximum Gasteiger partial charge on any atom is 0.222 e. The number of rotatable bonds is 4. The maximum atomic E-state index is 15.1. The molecule has 2 aliphatic rings. The topological polar surface area (TPSA) is 41.9 Å². The van der Waals surface area contributed by atoms with Gasteiger partial charge in [0.15, 0.2) is 11.3 Å². The van der Waals surface area contributed by atoms with E-state index in [1.165, 1.54) is 4.90 Å². The van der Waals surface area contributed by atoms with Crippen molar-refractivity contribution in [3.05, 3.63) is 68.2 Å². The summed E-state index contributed by atoms with van der Waals surface area (Å²) in [6, 6.07) is 10.6. The third kappa shape index (κ3) is 3.68. The molecule has 4 rings (SSSR count). The summed E-state index contributed by atoms with van der Waals surface area (Å²) in [6.07, 6.45) is 0.887. The minimum atomic E-state index is -1.50. The summed E-state index contributed by atoms with van der Waals surface area (Å²) in [5.41, 5.74) is 0.693. The number of carbonyl (C=O) groups excluding carboxylic acids is 1. The molecule has 1 fully saturated rings. The van der Waals surface area contributed by atoms with E-state index in [9.17, 15) is 4.79 Å². The summed E-state index contributed by atoms with van der Waals surface area (Å²) in [5.74, 6) is -0.0287. The molecule has 0 spiro atoms. The Morgan fingerprint density at radius 2 is 1.73 bits per heavy atom. The Morgan fingerprint density at radius 3 is 2.30 bits per heavy atom. The largest absolute Gasteiger partial charge is 0.384 e. The van der Waals surface area contributed by atoms with E-state index in [2.05, 4.69) is 5.16 Å². The molecule has 0 radical (unpaired) electrons. The van der Waals surface area contributed by atoms with Gasteiger partial charge in [0.2, 0.25) is 5.91 Å². The average molecular weight is 470 g/mol. The van der Waals surface area contributed by atoms with Crippen LogP contribution in [-0.2, 0) is 20.9 Å².